The molecule has 5 nitrogen and oxygen atoms in total. The molecule has 0 fully saturated rings. The summed E-state index contributed by atoms with van der Waals surface area (Å²) in [4.78, 5) is 26.1. The molecule has 0 aliphatic heterocycles. The Morgan fingerprint density at radius 2 is 1.95 bits per heavy atom. The maximum Gasteiger partial charge on any atom is 0.347 e. The Morgan fingerprint density at radius 1 is 1.27 bits per heavy atom. The van der Waals surface area contributed by atoms with E-state index in [2.05, 4.69) is 18.7 Å². The van der Waals surface area contributed by atoms with E-state index >= 15 is 0 Å². The van der Waals surface area contributed by atoms with Crippen molar-refractivity contribution in [2.24, 2.45) is 5.73 Å². The highest BCUT2D eigenvalue weighted by Crippen LogP contribution is 2.22. The highest BCUT2D eigenvalue weighted by atomic mass is 16.4. The van der Waals surface area contributed by atoms with Crippen LogP contribution in [0.25, 0.3) is 11.0 Å². The molecule has 0 aliphatic carbocycles. The van der Waals surface area contributed by atoms with Crippen LogP contribution in [-0.2, 0) is 0 Å². The van der Waals surface area contributed by atoms with E-state index in [0.717, 1.165) is 18.8 Å². The molecule has 0 unspecified atom stereocenters. The average Bonchev–Trinajstić information content (AvgIpc) is 2.46. The van der Waals surface area contributed by atoms with Gasteiger partial charge in [-0.2, -0.15) is 0 Å². The second-order valence-electron chi connectivity index (χ2n) is 5.09. The first-order valence-corrected chi connectivity index (χ1v) is 7.27. The molecule has 0 radical (unpaired) electrons. The standard InChI is InChI=1S/C17H20N2O3/c1-4-19(5-2)13-7-6-12-9-14(15(20)8-11(3)18)17(21)22-16(12)10-13/h6-10H,4-5,18H2,1-3H3. The van der Waals surface area contributed by atoms with Gasteiger partial charge in [-0.25, -0.2) is 4.79 Å². The van der Waals surface area contributed by atoms with Gasteiger partial charge in [0.25, 0.3) is 0 Å². The fourth-order valence-corrected chi connectivity index (χ4v) is 2.34. The van der Waals surface area contributed by atoms with Crippen molar-refractivity contribution >= 4 is 22.4 Å². The molecule has 0 bridgehead atoms. The lowest BCUT2D eigenvalue weighted by Gasteiger charge is -2.20. The molecule has 116 valence electrons. The van der Waals surface area contributed by atoms with E-state index in [0.29, 0.717) is 16.7 Å². The van der Waals surface area contributed by atoms with Crippen LogP contribution in [0.5, 0.6) is 0 Å². The van der Waals surface area contributed by atoms with E-state index in [-0.39, 0.29) is 5.56 Å². The molecule has 2 aromatic rings. The van der Waals surface area contributed by atoms with Gasteiger partial charge in [-0.15, -0.1) is 0 Å². The molecule has 0 saturated carbocycles. The van der Waals surface area contributed by atoms with Crippen molar-refractivity contribution in [2.75, 3.05) is 18.0 Å². The molecule has 22 heavy (non-hydrogen) atoms. The van der Waals surface area contributed by atoms with Crippen molar-refractivity contribution in [3.8, 4) is 0 Å². The molecule has 5 heteroatoms. The molecule has 2 rings (SSSR count). The largest absolute Gasteiger partial charge is 0.422 e. The number of anilines is 1. The first-order valence-electron chi connectivity index (χ1n) is 7.27. The van der Waals surface area contributed by atoms with Gasteiger partial charge in [-0.3, -0.25) is 4.79 Å². The molecular weight excluding hydrogens is 280 g/mol. The van der Waals surface area contributed by atoms with Crippen molar-refractivity contribution in [2.45, 2.75) is 20.8 Å². The Kier molecular flexibility index (Phi) is 4.65. The number of carbonyl (C=O) groups is 1. The Bertz CT molecular complexity index is 782. The molecule has 0 saturated heterocycles. The zero-order valence-corrected chi connectivity index (χ0v) is 13.1. The normalized spacial score (nSPS) is 11.7. The van der Waals surface area contributed by atoms with E-state index in [9.17, 15) is 9.59 Å². The van der Waals surface area contributed by atoms with Gasteiger partial charge < -0.3 is 15.1 Å². The van der Waals surface area contributed by atoms with Gasteiger partial charge >= 0.3 is 5.63 Å². The van der Waals surface area contributed by atoms with Gasteiger partial charge in [-0.1, -0.05) is 0 Å². The van der Waals surface area contributed by atoms with E-state index in [1.165, 1.54) is 6.08 Å². The Labute approximate surface area is 129 Å². The minimum absolute atomic E-state index is 0.00658. The molecule has 1 heterocycles. The third kappa shape index (κ3) is 3.19. The van der Waals surface area contributed by atoms with Crippen LogP contribution < -0.4 is 16.3 Å². The van der Waals surface area contributed by atoms with Crippen LogP contribution in [0.15, 0.2) is 45.3 Å². The monoisotopic (exact) mass is 300 g/mol. The summed E-state index contributed by atoms with van der Waals surface area (Å²) < 4.78 is 5.30. The second-order valence-corrected chi connectivity index (χ2v) is 5.09. The zero-order valence-electron chi connectivity index (χ0n) is 13.1. The summed E-state index contributed by atoms with van der Waals surface area (Å²) in [5.41, 5.74) is 6.63. The predicted octanol–water partition coefficient (Wildman–Crippen LogP) is 2.68. The third-order valence-electron chi connectivity index (χ3n) is 3.47. The lowest BCUT2D eigenvalue weighted by molar-refractivity contribution is 0.104. The predicted molar refractivity (Wildman–Crippen MR) is 88.3 cm³/mol. The first-order chi connectivity index (χ1) is 10.5. The summed E-state index contributed by atoms with van der Waals surface area (Å²) in [5, 5.41) is 0.710. The molecule has 2 N–H and O–H groups in total. The Hall–Kier alpha value is -2.56. The van der Waals surface area contributed by atoms with Crippen LogP contribution >= 0.6 is 0 Å². The Morgan fingerprint density at radius 3 is 2.55 bits per heavy atom. The summed E-state index contributed by atoms with van der Waals surface area (Å²) in [7, 11) is 0. The molecule has 0 spiro atoms. The first kappa shape index (κ1) is 15.8. The number of ketones is 1. The molecule has 1 aromatic carbocycles. The molecule has 0 atom stereocenters. The Balaban J connectivity index is 2.53. The number of benzene rings is 1. The van der Waals surface area contributed by atoms with Gasteiger partial charge in [0.2, 0.25) is 0 Å². The van der Waals surface area contributed by atoms with Crippen molar-refractivity contribution in [1.29, 1.82) is 0 Å². The summed E-state index contributed by atoms with van der Waals surface area (Å²) in [6.07, 6.45) is 1.22. The zero-order chi connectivity index (χ0) is 16.3. The van der Waals surface area contributed by atoms with Crippen LogP contribution in [0, 0.1) is 0 Å². The summed E-state index contributed by atoms with van der Waals surface area (Å²) >= 11 is 0. The minimum atomic E-state index is -0.647. The molecular formula is C17H20N2O3. The van der Waals surface area contributed by atoms with Crippen LogP contribution in [0.3, 0.4) is 0 Å². The van der Waals surface area contributed by atoms with Gasteiger partial charge in [-0.05, 0) is 39.0 Å². The third-order valence-corrected chi connectivity index (χ3v) is 3.47. The number of nitrogens with zero attached hydrogens (tertiary/aromatic N) is 1. The topological polar surface area (TPSA) is 76.5 Å². The summed E-state index contributed by atoms with van der Waals surface area (Å²) in [6.45, 7) is 7.45. The van der Waals surface area contributed by atoms with E-state index < -0.39 is 11.4 Å². The number of hydrogen-bond acceptors (Lipinski definition) is 5. The number of rotatable bonds is 5. The molecule has 0 amide bonds. The number of fused-ring (bicyclic) bond motifs is 1. The fraction of sp³-hybridized carbons (Fsp3) is 0.294. The lowest BCUT2D eigenvalue weighted by atomic mass is 10.1. The molecule has 1 aromatic heterocycles. The number of hydrogen-bond donors (Lipinski definition) is 1. The van der Waals surface area contributed by atoms with Crippen LogP contribution in [-0.4, -0.2) is 18.9 Å². The van der Waals surface area contributed by atoms with Crippen LogP contribution in [0.1, 0.15) is 31.1 Å². The maximum absolute atomic E-state index is 12.0. The summed E-state index contributed by atoms with van der Waals surface area (Å²) in [6, 6.07) is 7.17. The van der Waals surface area contributed by atoms with Crippen LogP contribution in [0.4, 0.5) is 5.69 Å². The SMILES string of the molecule is CCN(CC)c1ccc2cc(C(=O)C=C(C)N)c(=O)oc2c1. The van der Waals surface area contributed by atoms with E-state index in [1.54, 1.807) is 13.0 Å². The summed E-state index contributed by atoms with van der Waals surface area (Å²) in [5.74, 6) is -0.441. The highest BCUT2D eigenvalue weighted by Gasteiger charge is 2.13. The number of carbonyl (C=O) groups excluding carboxylic acids is 1. The van der Waals surface area contributed by atoms with Crippen molar-refractivity contribution < 1.29 is 9.21 Å². The van der Waals surface area contributed by atoms with E-state index in [4.69, 9.17) is 10.2 Å². The second kappa shape index (κ2) is 6.47. The highest BCUT2D eigenvalue weighted by molar-refractivity contribution is 6.06. The van der Waals surface area contributed by atoms with Gasteiger partial charge in [0.05, 0.1) is 0 Å². The van der Waals surface area contributed by atoms with Gasteiger partial charge in [0.15, 0.2) is 5.78 Å². The van der Waals surface area contributed by atoms with E-state index in [1.807, 2.05) is 18.2 Å². The quantitative estimate of drug-likeness (QED) is 0.522. The van der Waals surface area contributed by atoms with Gasteiger partial charge in [0.1, 0.15) is 11.1 Å². The molecule has 0 aliphatic rings. The van der Waals surface area contributed by atoms with Gasteiger partial charge in [0, 0.05) is 42.0 Å². The average molecular weight is 300 g/mol. The van der Waals surface area contributed by atoms with Crippen molar-refractivity contribution in [1.82, 2.24) is 0 Å². The number of nitrogens with two attached hydrogens (primary N) is 1. The lowest BCUT2D eigenvalue weighted by Crippen LogP contribution is -2.21. The van der Waals surface area contributed by atoms with Crippen LogP contribution in [0.2, 0.25) is 0 Å². The minimum Gasteiger partial charge on any atom is -0.422 e. The number of allylic oxidation sites excluding steroid dienone is 2. The fourth-order valence-electron chi connectivity index (χ4n) is 2.34. The smallest absolute Gasteiger partial charge is 0.347 e. The van der Waals surface area contributed by atoms with Crippen molar-refractivity contribution in [3.05, 3.63) is 52.0 Å². The van der Waals surface area contributed by atoms with Crippen molar-refractivity contribution in [3.63, 3.8) is 0 Å². The maximum atomic E-state index is 12.0.